The molecule has 0 unspecified atom stereocenters. The summed E-state index contributed by atoms with van der Waals surface area (Å²) in [7, 11) is 0. The summed E-state index contributed by atoms with van der Waals surface area (Å²) in [4.78, 5) is 0. The summed E-state index contributed by atoms with van der Waals surface area (Å²) in [6, 6.07) is 8.32. The van der Waals surface area contributed by atoms with Crippen LogP contribution in [0.4, 0.5) is 0 Å². The monoisotopic (exact) mass is 283 g/mol. The highest BCUT2D eigenvalue weighted by atomic mass is 79.9. The van der Waals surface area contributed by atoms with Crippen molar-refractivity contribution in [1.29, 1.82) is 0 Å². The number of fused-ring (bicyclic) bond motifs is 1. The number of hydrogen-bond donors (Lipinski definition) is 0. The Kier molecular flexibility index (Phi) is 3.17. The Morgan fingerprint density at radius 1 is 1.47 bits per heavy atom. The van der Waals surface area contributed by atoms with Gasteiger partial charge < -0.3 is 4.57 Å². The first-order valence-corrected chi connectivity index (χ1v) is 5.94. The van der Waals surface area contributed by atoms with E-state index in [4.69, 9.17) is 11.6 Å². The molecule has 0 bridgehead atoms. The van der Waals surface area contributed by atoms with Gasteiger partial charge in [0, 0.05) is 33.7 Å². The van der Waals surface area contributed by atoms with Crippen molar-refractivity contribution in [1.82, 2.24) is 4.57 Å². The van der Waals surface area contributed by atoms with E-state index in [1.54, 1.807) is 5.54 Å². The Balaban J connectivity index is 2.50. The molecule has 3 heteroatoms. The quantitative estimate of drug-likeness (QED) is 0.762. The zero-order valence-electron chi connectivity index (χ0n) is 8.37. The van der Waals surface area contributed by atoms with Gasteiger partial charge in [-0.1, -0.05) is 33.6 Å². The Morgan fingerprint density at radius 2 is 2.27 bits per heavy atom. The molecule has 0 saturated heterocycles. The number of rotatable bonds is 2. The van der Waals surface area contributed by atoms with Gasteiger partial charge in [-0.15, -0.1) is 0 Å². The maximum atomic E-state index is 5.67. The molecule has 0 fully saturated rings. The fourth-order valence-corrected chi connectivity index (χ4v) is 2.18. The molecule has 78 valence electrons. The van der Waals surface area contributed by atoms with E-state index in [0.717, 1.165) is 16.6 Å². The highest BCUT2D eigenvalue weighted by Gasteiger charge is 2.03. The van der Waals surface area contributed by atoms with Crippen molar-refractivity contribution >= 4 is 38.4 Å². The van der Waals surface area contributed by atoms with Gasteiger partial charge in [0.15, 0.2) is 0 Å². The van der Waals surface area contributed by atoms with Crippen molar-refractivity contribution < 1.29 is 0 Å². The molecule has 2 aromatic rings. The van der Waals surface area contributed by atoms with Crippen molar-refractivity contribution in [2.45, 2.75) is 13.5 Å². The molecule has 1 heterocycles. The van der Waals surface area contributed by atoms with Crippen molar-refractivity contribution in [3.8, 4) is 0 Å². The Morgan fingerprint density at radius 3 is 3.00 bits per heavy atom. The molecule has 0 amide bonds. The van der Waals surface area contributed by atoms with E-state index in [-0.39, 0.29) is 0 Å². The maximum Gasteiger partial charge on any atom is 0.0494 e. The third-order valence-corrected chi connectivity index (χ3v) is 3.43. The van der Waals surface area contributed by atoms with Gasteiger partial charge in [0.2, 0.25) is 0 Å². The van der Waals surface area contributed by atoms with Crippen LogP contribution in [0, 0.1) is 0 Å². The minimum Gasteiger partial charge on any atom is -0.343 e. The highest BCUT2D eigenvalue weighted by molar-refractivity contribution is 9.10. The first kappa shape index (κ1) is 10.8. The minimum absolute atomic E-state index is 0.837. The Bertz CT molecular complexity index is 513. The zero-order chi connectivity index (χ0) is 10.8. The van der Waals surface area contributed by atoms with Crippen LogP contribution in [0.5, 0.6) is 0 Å². The number of nitrogens with zero attached hydrogens (tertiary/aromatic N) is 1. The van der Waals surface area contributed by atoms with Gasteiger partial charge in [-0.05, 0) is 30.7 Å². The van der Waals surface area contributed by atoms with Crippen LogP contribution in [0.25, 0.3) is 10.9 Å². The molecule has 1 aromatic heterocycles. The van der Waals surface area contributed by atoms with E-state index in [1.165, 1.54) is 10.9 Å². The van der Waals surface area contributed by atoms with E-state index < -0.39 is 0 Å². The first-order valence-electron chi connectivity index (χ1n) is 4.71. The van der Waals surface area contributed by atoms with Crippen molar-refractivity contribution in [2.24, 2.45) is 0 Å². The smallest absolute Gasteiger partial charge is 0.0494 e. The van der Waals surface area contributed by atoms with Gasteiger partial charge in [0.25, 0.3) is 0 Å². The van der Waals surface area contributed by atoms with Crippen molar-refractivity contribution in [2.75, 3.05) is 0 Å². The molecule has 0 atom stereocenters. The fraction of sp³-hybridized carbons (Fsp3) is 0.167. The van der Waals surface area contributed by atoms with Crippen LogP contribution in [0.1, 0.15) is 6.92 Å². The van der Waals surface area contributed by atoms with Crippen molar-refractivity contribution in [3.05, 3.63) is 46.0 Å². The molecule has 1 aromatic carbocycles. The summed E-state index contributed by atoms with van der Waals surface area (Å²) in [5.74, 6) is 0. The van der Waals surface area contributed by atoms with Crippen LogP contribution in [0.3, 0.4) is 0 Å². The SMILES string of the molecule is C/C(=C/Cl)Cn1ccc2c(Br)cccc21. The molecule has 1 nitrogen and oxygen atoms in total. The molecule has 0 spiro atoms. The summed E-state index contributed by atoms with van der Waals surface area (Å²) < 4.78 is 3.32. The third-order valence-electron chi connectivity index (χ3n) is 2.37. The Labute approximate surface area is 102 Å². The minimum atomic E-state index is 0.837. The van der Waals surface area contributed by atoms with Gasteiger partial charge >= 0.3 is 0 Å². The number of benzene rings is 1. The first-order chi connectivity index (χ1) is 7.22. The van der Waals surface area contributed by atoms with Crippen LogP contribution in [-0.2, 0) is 6.54 Å². The predicted octanol–water partition coefficient (Wildman–Crippen LogP) is 4.55. The molecule has 15 heavy (non-hydrogen) atoms. The average Bonchev–Trinajstić information content (AvgIpc) is 2.63. The summed E-state index contributed by atoms with van der Waals surface area (Å²) in [6.45, 7) is 2.86. The molecule has 0 radical (unpaired) electrons. The molecule has 0 aliphatic rings. The summed E-state index contributed by atoms with van der Waals surface area (Å²) in [5.41, 5.74) is 4.00. The van der Waals surface area contributed by atoms with E-state index >= 15 is 0 Å². The molecular formula is C12H11BrClN. The van der Waals surface area contributed by atoms with E-state index in [1.807, 2.05) is 13.0 Å². The van der Waals surface area contributed by atoms with Crippen LogP contribution >= 0.6 is 27.5 Å². The standard InChI is InChI=1S/C12H11BrClN/c1-9(7-14)8-15-6-5-10-11(13)3-2-4-12(10)15/h2-7H,8H2,1H3/b9-7-. The molecule has 2 rings (SSSR count). The number of halogens is 2. The average molecular weight is 285 g/mol. The van der Waals surface area contributed by atoms with Gasteiger partial charge in [-0.2, -0.15) is 0 Å². The molecule has 0 saturated carbocycles. The molecular weight excluding hydrogens is 273 g/mol. The van der Waals surface area contributed by atoms with Crippen LogP contribution in [0.15, 0.2) is 46.0 Å². The van der Waals surface area contributed by atoms with Crippen LogP contribution in [0.2, 0.25) is 0 Å². The molecule has 0 N–H and O–H groups in total. The second-order valence-corrected chi connectivity index (χ2v) is 4.64. The van der Waals surface area contributed by atoms with Crippen molar-refractivity contribution in [3.63, 3.8) is 0 Å². The summed E-state index contributed by atoms with van der Waals surface area (Å²) >= 11 is 9.21. The highest BCUT2D eigenvalue weighted by Crippen LogP contribution is 2.25. The number of aromatic nitrogens is 1. The van der Waals surface area contributed by atoms with Gasteiger partial charge in [-0.25, -0.2) is 0 Å². The molecule has 0 aliphatic heterocycles. The molecule has 0 aliphatic carbocycles. The fourth-order valence-electron chi connectivity index (χ4n) is 1.63. The van der Waals surface area contributed by atoms with E-state index in [9.17, 15) is 0 Å². The lowest BCUT2D eigenvalue weighted by Crippen LogP contribution is -1.96. The van der Waals surface area contributed by atoms with Crippen LogP contribution in [-0.4, -0.2) is 4.57 Å². The zero-order valence-corrected chi connectivity index (χ0v) is 10.7. The van der Waals surface area contributed by atoms with Gasteiger partial charge in [0.1, 0.15) is 0 Å². The lowest BCUT2D eigenvalue weighted by molar-refractivity contribution is 0.821. The summed E-state index contributed by atoms with van der Waals surface area (Å²) in [5, 5.41) is 1.24. The largest absolute Gasteiger partial charge is 0.343 e. The summed E-state index contributed by atoms with van der Waals surface area (Å²) in [6.07, 6.45) is 2.08. The lowest BCUT2D eigenvalue weighted by Gasteiger charge is -2.05. The predicted molar refractivity (Wildman–Crippen MR) is 69.2 cm³/mol. The Hall–Kier alpha value is -0.730. The van der Waals surface area contributed by atoms with Crippen LogP contribution < -0.4 is 0 Å². The van der Waals surface area contributed by atoms with Gasteiger partial charge in [0.05, 0.1) is 0 Å². The topological polar surface area (TPSA) is 4.93 Å². The number of hydrogen-bond acceptors (Lipinski definition) is 0. The third kappa shape index (κ3) is 2.11. The second-order valence-electron chi connectivity index (χ2n) is 3.57. The normalized spacial score (nSPS) is 12.3. The lowest BCUT2D eigenvalue weighted by atomic mass is 10.2. The second kappa shape index (κ2) is 4.42. The van der Waals surface area contributed by atoms with Gasteiger partial charge in [-0.3, -0.25) is 0 Å². The van der Waals surface area contributed by atoms with E-state index in [2.05, 4.69) is 44.9 Å². The number of allylic oxidation sites excluding steroid dienone is 1. The maximum absolute atomic E-state index is 5.67. The van der Waals surface area contributed by atoms with E-state index in [0.29, 0.717) is 0 Å².